The van der Waals surface area contributed by atoms with Gasteiger partial charge in [-0.25, -0.2) is 0 Å². The quantitative estimate of drug-likeness (QED) is 0.521. The summed E-state index contributed by atoms with van der Waals surface area (Å²) in [6.45, 7) is 7.74. The molecule has 0 aliphatic carbocycles. The molecule has 108 valence electrons. The van der Waals surface area contributed by atoms with E-state index >= 15 is 0 Å². The van der Waals surface area contributed by atoms with E-state index in [4.69, 9.17) is 15.2 Å². The molecule has 0 saturated heterocycles. The fourth-order valence-electron chi connectivity index (χ4n) is 1.77. The highest BCUT2D eigenvalue weighted by atomic mass is 16.5. The monoisotopic (exact) mass is 261 g/mol. The van der Waals surface area contributed by atoms with Crippen LogP contribution < -0.4 is 11.1 Å². The number of rotatable bonds is 11. The predicted molar refractivity (Wildman–Crippen MR) is 71.5 cm³/mol. The minimum Gasteiger partial charge on any atom is -0.383 e. The molecule has 6 nitrogen and oxygen atoms in total. The van der Waals surface area contributed by atoms with Gasteiger partial charge in [0.2, 0.25) is 5.91 Å². The summed E-state index contributed by atoms with van der Waals surface area (Å²) in [4.78, 5) is 13.7. The molecule has 0 rings (SSSR count). The Morgan fingerprint density at radius 1 is 1.28 bits per heavy atom. The lowest BCUT2D eigenvalue weighted by Crippen LogP contribution is -2.60. The van der Waals surface area contributed by atoms with Crippen molar-refractivity contribution >= 4 is 5.91 Å². The fourth-order valence-corrected chi connectivity index (χ4v) is 1.77. The molecule has 1 unspecified atom stereocenters. The number of hydrogen-bond acceptors (Lipinski definition) is 5. The Kier molecular flexibility index (Phi) is 8.91. The van der Waals surface area contributed by atoms with Gasteiger partial charge in [-0.05, 0) is 13.5 Å². The number of amides is 1. The number of nitrogens with zero attached hydrogens (tertiary/aromatic N) is 1. The van der Waals surface area contributed by atoms with Gasteiger partial charge in [-0.15, -0.1) is 0 Å². The SMILES string of the molecule is CCNC(C)(CN(CCOC)CCOC)C(N)=O. The second-order valence-corrected chi connectivity index (χ2v) is 4.49. The summed E-state index contributed by atoms with van der Waals surface area (Å²) in [6.07, 6.45) is 0. The van der Waals surface area contributed by atoms with Gasteiger partial charge in [-0.3, -0.25) is 9.69 Å². The second-order valence-electron chi connectivity index (χ2n) is 4.49. The van der Waals surface area contributed by atoms with Crippen LogP contribution in [0.1, 0.15) is 13.8 Å². The molecule has 0 heterocycles. The Hall–Kier alpha value is -0.690. The van der Waals surface area contributed by atoms with E-state index in [0.717, 1.165) is 13.1 Å². The van der Waals surface area contributed by atoms with Gasteiger partial charge in [-0.1, -0.05) is 6.92 Å². The van der Waals surface area contributed by atoms with Crippen LogP contribution in [0.3, 0.4) is 0 Å². The van der Waals surface area contributed by atoms with Gasteiger partial charge in [0, 0.05) is 33.9 Å². The molecule has 0 aromatic carbocycles. The highest BCUT2D eigenvalue weighted by molar-refractivity contribution is 5.84. The summed E-state index contributed by atoms with van der Waals surface area (Å²) in [5.41, 5.74) is 4.75. The minimum atomic E-state index is -0.726. The Bertz CT molecular complexity index is 231. The maximum atomic E-state index is 11.6. The Labute approximate surface area is 110 Å². The molecule has 0 radical (unpaired) electrons. The third-order valence-electron chi connectivity index (χ3n) is 2.87. The average Bonchev–Trinajstić information content (AvgIpc) is 2.32. The van der Waals surface area contributed by atoms with E-state index in [1.807, 2.05) is 13.8 Å². The maximum absolute atomic E-state index is 11.6. The molecule has 0 aromatic rings. The van der Waals surface area contributed by atoms with Crippen molar-refractivity contribution in [1.82, 2.24) is 10.2 Å². The number of likely N-dealkylation sites (N-methyl/N-ethyl adjacent to an activating group) is 1. The normalized spacial score (nSPS) is 14.7. The molecular weight excluding hydrogens is 234 g/mol. The summed E-state index contributed by atoms with van der Waals surface area (Å²) in [5, 5.41) is 3.14. The molecule has 0 aliphatic heterocycles. The average molecular weight is 261 g/mol. The van der Waals surface area contributed by atoms with E-state index < -0.39 is 5.54 Å². The molecule has 6 heteroatoms. The standard InChI is InChI=1S/C12H27N3O3/c1-5-14-12(2,11(13)16)10-15(6-8-17-3)7-9-18-4/h14H,5-10H2,1-4H3,(H2,13,16). The third-order valence-corrected chi connectivity index (χ3v) is 2.87. The van der Waals surface area contributed by atoms with Crippen LogP contribution in [-0.2, 0) is 14.3 Å². The van der Waals surface area contributed by atoms with Crippen molar-refractivity contribution in [3.05, 3.63) is 0 Å². The van der Waals surface area contributed by atoms with Crippen LogP contribution in [-0.4, -0.2) is 70.0 Å². The van der Waals surface area contributed by atoms with E-state index in [0.29, 0.717) is 26.3 Å². The predicted octanol–water partition coefficient (Wildman–Crippen LogP) is -0.565. The third kappa shape index (κ3) is 6.30. The number of primary amides is 1. The highest BCUT2D eigenvalue weighted by Gasteiger charge is 2.32. The van der Waals surface area contributed by atoms with E-state index in [-0.39, 0.29) is 5.91 Å². The van der Waals surface area contributed by atoms with Crippen molar-refractivity contribution in [2.75, 3.05) is 53.6 Å². The molecular formula is C12H27N3O3. The Balaban J connectivity index is 4.52. The van der Waals surface area contributed by atoms with Crippen molar-refractivity contribution in [2.45, 2.75) is 19.4 Å². The van der Waals surface area contributed by atoms with Crippen molar-refractivity contribution in [2.24, 2.45) is 5.73 Å². The molecule has 0 spiro atoms. The lowest BCUT2D eigenvalue weighted by atomic mass is 10.0. The summed E-state index contributed by atoms with van der Waals surface area (Å²) in [5.74, 6) is -0.343. The van der Waals surface area contributed by atoms with Gasteiger partial charge in [0.25, 0.3) is 0 Å². The molecule has 3 N–H and O–H groups in total. The van der Waals surface area contributed by atoms with Gasteiger partial charge in [0.15, 0.2) is 0 Å². The van der Waals surface area contributed by atoms with E-state index in [9.17, 15) is 4.79 Å². The first-order valence-corrected chi connectivity index (χ1v) is 6.25. The summed E-state index contributed by atoms with van der Waals surface area (Å²) in [7, 11) is 3.32. The maximum Gasteiger partial charge on any atom is 0.238 e. The number of hydrogen-bond donors (Lipinski definition) is 2. The fraction of sp³-hybridized carbons (Fsp3) is 0.917. The van der Waals surface area contributed by atoms with Gasteiger partial charge >= 0.3 is 0 Å². The zero-order valence-electron chi connectivity index (χ0n) is 12.0. The van der Waals surface area contributed by atoms with E-state index in [1.54, 1.807) is 14.2 Å². The van der Waals surface area contributed by atoms with Crippen LogP contribution in [0.25, 0.3) is 0 Å². The largest absolute Gasteiger partial charge is 0.383 e. The van der Waals surface area contributed by atoms with E-state index in [1.165, 1.54) is 0 Å². The van der Waals surface area contributed by atoms with E-state index in [2.05, 4.69) is 10.2 Å². The zero-order valence-corrected chi connectivity index (χ0v) is 12.0. The van der Waals surface area contributed by atoms with Gasteiger partial charge in [0.05, 0.1) is 13.2 Å². The molecule has 1 atom stereocenters. The van der Waals surface area contributed by atoms with Crippen molar-refractivity contribution in [3.63, 3.8) is 0 Å². The number of carbonyl (C=O) groups excluding carboxylic acids is 1. The lowest BCUT2D eigenvalue weighted by Gasteiger charge is -2.33. The minimum absolute atomic E-state index is 0.343. The van der Waals surface area contributed by atoms with Crippen molar-refractivity contribution in [3.8, 4) is 0 Å². The van der Waals surface area contributed by atoms with Crippen LogP contribution in [0.4, 0.5) is 0 Å². The number of ether oxygens (including phenoxy) is 2. The smallest absolute Gasteiger partial charge is 0.238 e. The highest BCUT2D eigenvalue weighted by Crippen LogP contribution is 2.06. The van der Waals surface area contributed by atoms with Crippen LogP contribution in [0.2, 0.25) is 0 Å². The number of nitrogens with two attached hydrogens (primary N) is 1. The molecule has 0 fully saturated rings. The molecule has 0 saturated carbocycles. The first-order chi connectivity index (χ1) is 8.50. The summed E-state index contributed by atoms with van der Waals surface area (Å²) < 4.78 is 10.1. The Morgan fingerprint density at radius 2 is 1.78 bits per heavy atom. The number of nitrogens with one attached hydrogen (secondary N) is 1. The van der Waals surface area contributed by atoms with Crippen LogP contribution in [0, 0.1) is 0 Å². The molecule has 1 amide bonds. The van der Waals surface area contributed by atoms with Crippen LogP contribution in [0.5, 0.6) is 0 Å². The molecule has 0 aliphatic rings. The second kappa shape index (κ2) is 9.27. The lowest BCUT2D eigenvalue weighted by molar-refractivity contribution is -0.124. The summed E-state index contributed by atoms with van der Waals surface area (Å²) >= 11 is 0. The molecule has 0 bridgehead atoms. The molecule has 0 aromatic heterocycles. The first kappa shape index (κ1) is 17.3. The van der Waals surface area contributed by atoms with Crippen molar-refractivity contribution < 1.29 is 14.3 Å². The van der Waals surface area contributed by atoms with Crippen LogP contribution in [0.15, 0.2) is 0 Å². The number of carbonyl (C=O) groups is 1. The topological polar surface area (TPSA) is 76.8 Å². The van der Waals surface area contributed by atoms with Gasteiger partial charge < -0.3 is 20.5 Å². The zero-order chi connectivity index (χ0) is 14.0. The Morgan fingerprint density at radius 3 is 2.11 bits per heavy atom. The number of methoxy groups -OCH3 is 2. The van der Waals surface area contributed by atoms with Crippen molar-refractivity contribution in [1.29, 1.82) is 0 Å². The summed E-state index contributed by atoms with van der Waals surface area (Å²) in [6, 6.07) is 0. The first-order valence-electron chi connectivity index (χ1n) is 6.25. The van der Waals surface area contributed by atoms with Gasteiger partial charge in [0.1, 0.15) is 5.54 Å². The molecule has 18 heavy (non-hydrogen) atoms. The van der Waals surface area contributed by atoms with Gasteiger partial charge in [-0.2, -0.15) is 0 Å². The van der Waals surface area contributed by atoms with Crippen LogP contribution >= 0.6 is 0 Å².